The first-order valence-corrected chi connectivity index (χ1v) is 0.447. The van der Waals surface area contributed by atoms with Gasteiger partial charge in [-0.25, -0.2) is 0 Å². The van der Waals surface area contributed by atoms with Gasteiger partial charge in [-0.2, -0.15) is 5.26 Å². The molecule has 0 saturated carbocycles. The zero-order valence-corrected chi connectivity index (χ0v) is 8.66. The molecule has 0 unspecified atom stereocenters. The average molecular weight is 191 g/mol. The molecule has 0 aromatic rings. The Morgan fingerprint density at radius 1 is 1.67 bits per heavy atom. The molecule has 0 aromatic heterocycles. The van der Waals surface area contributed by atoms with Crippen molar-refractivity contribution in [3.63, 3.8) is 0 Å². The van der Waals surface area contributed by atoms with E-state index in [-0.39, 0.29) is 87.2 Å². The molecular weight excluding hydrogens is 189 g/mol. The van der Waals surface area contributed by atoms with E-state index in [9.17, 15) is 0 Å². The smallest absolute Gasteiger partial charge is 1.00 e. The maximum Gasteiger partial charge on any atom is 1.00 e. The first kappa shape index (κ1) is 24.5. The van der Waals surface area contributed by atoms with E-state index in [4.69, 9.17) is 10.4 Å². The molecule has 32 valence electrons. The van der Waals surface area contributed by atoms with Crippen molar-refractivity contribution in [2.75, 3.05) is 0 Å². The van der Waals surface area contributed by atoms with Gasteiger partial charge in [0, 0.05) is 34.4 Å². The van der Waals surface area contributed by atoms with Gasteiger partial charge < -0.3 is 6.53 Å². The summed E-state index contributed by atoms with van der Waals surface area (Å²) in [4.78, 5) is 0. The molecule has 0 atom stereocenters. The van der Waals surface area contributed by atoms with Gasteiger partial charge in [-0.15, -0.1) is 0 Å². The third kappa shape index (κ3) is 37.9. The number of nitriles is 1. The van der Waals surface area contributed by atoms with Gasteiger partial charge in [0.15, 0.2) is 0 Å². The van der Waals surface area contributed by atoms with Crippen LogP contribution in [0.5, 0.6) is 0 Å². The molecular formula is CH2CrFeKNO. The van der Waals surface area contributed by atoms with Gasteiger partial charge in [-0.05, 0) is 0 Å². The Morgan fingerprint density at radius 3 is 1.67 bits per heavy atom. The molecule has 0 radical (unpaired) electrons. The van der Waals surface area contributed by atoms with Crippen LogP contribution in [-0.4, -0.2) is 5.11 Å². The fourth-order valence-electron chi connectivity index (χ4n) is 0. The van der Waals surface area contributed by atoms with Gasteiger partial charge in [-0.3, -0.25) is 0 Å². The van der Waals surface area contributed by atoms with E-state index < -0.39 is 0 Å². The number of aliphatic hydroxyl groups excluding tert-OH is 1. The Balaban J connectivity index is -0.00000000333. The summed E-state index contributed by atoms with van der Waals surface area (Å²) >= 11 is 0. The third-order valence-electron chi connectivity index (χ3n) is 0. The van der Waals surface area contributed by atoms with E-state index in [1.54, 1.807) is 0 Å². The first-order chi connectivity index (χ1) is 1.41. The number of hydrogen-bond donors (Lipinski definition) is 1. The van der Waals surface area contributed by atoms with Crippen LogP contribution in [0.25, 0.3) is 0 Å². The van der Waals surface area contributed by atoms with Crippen molar-refractivity contribution in [1.29, 1.82) is 5.26 Å². The van der Waals surface area contributed by atoms with E-state index in [1.165, 1.54) is 0 Å². The minimum Gasteiger partial charge on any atom is -1.00 e. The van der Waals surface area contributed by atoms with Gasteiger partial charge in [0.1, 0.15) is 0 Å². The van der Waals surface area contributed by atoms with Crippen LogP contribution in [-0.2, 0) is 34.4 Å². The van der Waals surface area contributed by atoms with Crippen LogP contribution >= 0.6 is 0 Å². The third-order valence-corrected chi connectivity index (χ3v) is 0. The minimum absolute atomic E-state index is 0. The van der Waals surface area contributed by atoms with Crippen LogP contribution in [0.2, 0.25) is 0 Å². The van der Waals surface area contributed by atoms with E-state index in [2.05, 4.69) is 0 Å². The number of rotatable bonds is 0. The van der Waals surface area contributed by atoms with Gasteiger partial charge >= 0.3 is 51.4 Å². The van der Waals surface area contributed by atoms with Gasteiger partial charge in [-0.1, -0.05) is 0 Å². The standard InChI is InChI=1S/CHNO.Cr.Fe.K.H/c2-1-3;;;;/h3H;;;;/q;;;+1;-1. The van der Waals surface area contributed by atoms with Gasteiger partial charge in [0.2, 0.25) is 0 Å². The average Bonchev–Trinajstić information content (AvgIpc) is 0.918. The van der Waals surface area contributed by atoms with E-state index in [0.717, 1.165) is 6.26 Å². The van der Waals surface area contributed by atoms with Crippen molar-refractivity contribution in [1.82, 2.24) is 0 Å². The second-order valence-corrected chi connectivity index (χ2v) is 0.100. The molecule has 5 heteroatoms. The van der Waals surface area contributed by atoms with Gasteiger partial charge in [0.25, 0.3) is 6.26 Å². The topological polar surface area (TPSA) is 44.0 Å². The van der Waals surface area contributed by atoms with Crippen molar-refractivity contribution < 1.29 is 92.3 Å². The molecule has 1 N–H and O–H groups in total. The molecule has 0 aliphatic heterocycles. The summed E-state index contributed by atoms with van der Waals surface area (Å²) in [6.07, 6.45) is 0.750. The summed E-state index contributed by atoms with van der Waals surface area (Å²) in [5.74, 6) is 0. The molecule has 0 rings (SSSR count). The zero-order valence-electron chi connectivity index (χ0n) is 4.16. The van der Waals surface area contributed by atoms with Crippen molar-refractivity contribution >= 4 is 0 Å². The van der Waals surface area contributed by atoms with Crippen LogP contribution in [0.3, 0.4) is 0 Å². The maximum atomic E-state index is 6.88. The summed E-state index contributed by atoms with van der Waals surface area (Å²) < 4.78 is 0. The van der Waals surface area contributed by atoms with Crippen LogP contribution < -0.4 is 51.4 Å². The molecule has 0 aliphatic rings. The fraction of sp³-hybridized carbons (Fsp3) is 0. The van der Waals surface area contributed by atoms with Crippen molar-refractivity contribution in [2.24, 2.45) is 0 Å². The van der Waals surface area contributed by atoms with Crippen molar-refractivity contribution in [2.45, 2.75) is 0 Å². The number of aliphatic hydroxyl groups is 1. The summed E-state index contributed by atoms with van der Waals surface area (Å²) in [6, 6.07) is 0. The van der Waals surface area contributed by atoms with Crippen molar-refractivity contribution in [3.8, 4) is 6.26 Å². The summed E-state index contributed by atoms with van der Waals surface area (Å²) in [7, 11) is 0. The Kier molecular flexibility index (Phi) is 115. The first-order valence-electron chi connectivity index (χ1n) is 0.447. The summed E-state index contributed by atoms with van der Waals surface area (Å²) in [5.41, 5.74) is 0. The zero-order chi connectivity index (χ0) is 2.71. The largest absolute Gasteiger partial charge is 1.00 e. The predicted octanol–water partition coefficient (Wildman–Crippen LogP) is -3.05. The van der Waals surface area contributed by atoms with Crippen LogP contribution in [0, 0.1) is 11.5 Å². The SMILES string of the molecule is N#CO.[Cr].[Fe].[H-].[K+]. The second-order valence-electron chi connectivity index (χ2n) is 0.100. The molecule has 0 aliphatic carbocycles. The van der Waals surface area contributed by atoms with E-state index in [0.29, 0.717) is 0 Å². The predicted molar refractivity (Wildman–Crippen MR) is 8.66 cm³/mol. The van der Waals surface area contributed by atoms with Gasteiger partial charge in [0.05, 0.1) is 0 Å². The normalized spacial score (nSPS) is 1.17. The number of hydrogen-bond acceptors (Lipinski definition) is 2. The monoisotopic (exact) mass is 191 g/mol. The summed E-state index contributed by atoms with van der Waals surface area (Å²) in [6.45, 7) is 0. The minimum atomic E-state index is 0. The second kappa shape index (κ2) is 28.1. The molecule has 0 heterocycles. The molecule has 0 saturated heterocycles. The molecule has 6 heavy (non-hydrogen) atoms. The Hall–Kier alpha value is 1.98. The van der Waals surface area contributed by atoms with Crippen LogP contribution in [0.4, 0.5) is 0 Å². The van der Waals surface area contributed by atoms with E-state index in [1.807, 2.05) is 0 Å². The Labute approximate surface area is 102 Å². The van der Waals surface area contributed by atoms with Crippen molar-refractivity contribution in [3.05, 3.63) is 0 Å². The molecule has 0 spiro atoms. The summed E-state index contributed by atoms with van der Waals surface area (Å²) in [5, 5.41) is 13.8. The number of nitrogens with zero attached hydrogens (tertiary/aromatic N) is 1. The molecule has 0 aromatic carbocycles. The fourth-order valence-corrected chi connectivity index (χ4v) is 0. The molecule has 0 fully saturated rings. The Bertz CT molecular complexity index is 41.2. The quantitative estimate of drug-likeness (QED) is 0.326. The van der Waals surface area contributed by atoms with Crippen LogP contribution in [0.1, 0.15) is 1.43 Å². The van der Waals surface area contributed by atoms with Crippen LogP contribution in [0.15, 0.2) is 0 Å². The molecule has 2 nitrogen and oxygen atoms in total. The molecule has 0 bridgehead atoms. The molecule has 0 amide bonds. The van der Waals surface area contributed by atoms with E-state index >= 15 is 0 Å². The maximum absolute atomic E-state index is 6.88. The Morgan fingerprint density at radius 2 is 1.67 bits per heavy atom.